The number of nitrogens with one attached hydrogen (secondary N) is 1. The fourth-order valence-electron chi connectivity index (χ4n) is 3.70. The van der Waals surface area contributed by atoms with E-state index in [2.05, 4.69) is 10.3 Å². The summed E-state index contributed by atoms with van der Waals surface area (Å²) in [5, 5.41) is 22.6. The minimum absolute atomic E-state index is 0.0169. The number of aromatic hydroxyl groups is 2. The molecule has 10 nitrogen and oxygen atoms in total. The first-order valence-corrected chi connectivity index (χ1v) is 11.8. The molecule has 0 atom stereocenters. The molecule has 0 radical (unpaired) electrons. The maximum atomic E-state index is 13.9. The van der Waals surface area contributed by atoms with E-state index in [1.54, 1.807) is 13.0 Å². The second-order valence-electron chi connectivity index (χ2n) is 8.40. The van der Waals surface area contributed by atoms with E-state index >= 15 is 0 Å². The highest BCUT2D eigenvalue weighted by Gasteiger charge is 2.19. The molecule has 0 bridgehead atoms. The predicted octanol–water partition coefficient (Wildman–Crippen LogP) is 4.16. The summed E-state index contributed by atoms with van der Waals surface area (Å²) in [6.45, 7) is 1.75. The molecule has 204 valence electrons. The van der Waals surface area contributed by atoms with Gasteiger partial charge in [0.25, 0.3) is 11.5 Å². The number of hydrogen-bond acceptors (Lipinski definition) is 7. The Morgan fingerprint density at radius 2 is 1.92 bits per heavy atom. The van der Waals surface area contributed by atoms with E-state index in [0.717, 1.165) is 17.0 Å². The minimum atomic E-state index is -0.819. The summed E-state index contributed by atoms with van der Waals surface area (Å²) in [6.07, 6.45) is 1.15. The van der Waals surface area contributed by atoms with Crippen molar-refractivity contribution in [3.05, 3.63) is 92.5 Å². The van der Waals surface area contributed by atoms with Gasteiger partial charge in [0.15, 0.2) is 10.9 Å². The molecule has 0 saturated heterocycles. The quantitative estimate of drug-likeness (QED) is 0.280. The first-order chi connectivity index (χ1) is 18.6. The Kier molecular flexibility index (Phi) is 8.17. The Balaban J connectivity index is 1.57. The summed E-state index contributed by atoms with van der Waals surface area (Å²) in [4.78, 5) is 30.0. The van der Waals surface area contributed by atoms with Gasteiger partial charge in [-0.2, -0.15) is 0 Å². The molecule has 2 aromatic carbocycles. The van der Waals surface area contributed by atoms with Crippen LogP contribution in [0.3, 0.4) is 0 Å². The van der Waals surface area contributed by atoms with E-state index in [0.29, 0.717) is 17.3 Å². The molecule has 0 aliphatic carbocycles. The van der Waals surface area contributed by atoms with Crippen LogP contribution in [0.4, 0.5) is 14.5 Å². The number of rotatable bonds is 9. The standard InChI is InChI=1S/C26H23ClF2N4O6/c1-14-3-4-15(23(35)31-19-11-21(34)32(25(19)36)7-8-38-2)9-20(14)33-13-30-24(22(27)26(33)37)39-12-16-5-6-17(28)10-18(16)29/h3-6,9-11,13,34,36H,7-8,12H2,1-2H3,(H,31,35). The highest BCUT2D eigenvalue weighted by Crippen LogP contribution is 2.32. The van der Waals surface area contributed by atoms with Gasteiger partial charge in [0.05, 0.1) is 18.8 Å². The Morgan fingerprint density at radius 1 is 1.15 bits per heavy atom. The zero-order valence-corrected chi connectivity index (χ0v) is 21.5. The summed E-state index contributed by atoms with van der Waals surface area (Å²) in [5.74, 6) is -3.04. The lowest BCUT2D eigenvalue weighted by molar-refractivity contribution is 0.102. The van der Waals surface area contributed by atoms with Crippen molar-refractivity contribution in [2.24, 2.45) is 0 Å². The molecule has 13 heteroatoms. The molecule has 39 heavy (non-hydrogen) atoms. The molecule has 0 saturated carbocycles. The van der Waals surface area contributed by atoms with Crippen molar-refractivity contribution in [2.75, 3.05) is 19.0 Å². The third kappa shape index (κ3) is 5.86. The number of hydrogen-bond donors (Lipinski definition) is 3. The minimum Gasteiger partial charge on any atom is -0.494 e. The van der Waals surface area contributed by atoms with Crippen molar-refractivity contribution < 1.29 is 33.3 Å². The van der Waals surface area contributed by atoms with E-state index in [-0.39, 0.29) is 59.2 Å². The summed E-state index contributed by atoms with van der Waals surface area (Å²) in [6, 6.07) is 8.73. The molecule has 0 aliphatic heterocycles. The molecular weight excluding hydrogens is 538 g/mol. The third-order valence-electron chi connectivity index (χ3n) is 5.81. The number of ether oxygens (including phenoxy) is 2. The van der Waals surface area contributed by atoms with Gasteiger partial charge < -0.3 is 25.0 Å². The van der Waals surface area contributed by atoms with Gasteiger partial charge in [0, 0.05) is 30.4 Å². The van der Waals surface area contributed by atoms with Crippen molar-refractivity contribution in [1.82, 2.24) is 14.1 Å². The molecule has 4 aromatic rings. The Morgan fingerprint density at radius 3 is 2.64 bits per heavy atom. The SMILES string of the molecule is COCCn1c(O)cc(NC(=O)c2ccc(C)c(-n3cnc(OCc4ccc(F)cc4F)c(Cl)c3=O)c2)c1O. The predicted molar refractivity (Wildman–Crippen MR) is 138 cm³/mol. The third-order valence-corrected chi connectivity index (χ3v) is 6.13. The van der Waals surface area contributed by atoms with E-state index in [9.17, 15) is 28.6 Å². The number of nitrogens with zero attached hydrogens (tertiary/aromatic N) is 3. The molecule has 0 spiro atoms. The lowest BCUT2D eigenvalue weighted by Gasteiger charge is -2.13. The summed E-state index contributed by atoms with van der Waals surface area (Å²) >= 11 is 6.20. The zero-order chi connectivity index (χ0) is 28.3. The maximum absolute atomic E-state index is 13.9. The van der Waals surface area contributed by atoms with Gasteiger partial charge >= 0.3 is 0 Å². The topological polar surface area (TPSA) is 128 Å². The molecule has 4 rings (SSSR count). The number of benzene rings is 2. The van der Waals surface area contributed by atoms with Crippen LogP contribution in [0, 0.1) is 18.6 Å². The number of halogens is 3. The first-order valence-electron chi connectivity index (χ1n) is 11.5. The maximum Gasteiger partial charge on any atom is 0.280 e. The van der Waals surface area contributed by atoms with E-state index in [1.807, 2.05) is 0 Å². The summed E-state index contributed by atoms with van der Waals surface area (Å²) in [7, 11) is 1.47. The van der Waals surface area contributed by atoms with Crippen LogP contribution in [-0.4, -0.2) is 44.0 Å². The molecule has 2 aromatic heterocycles. The van der Waals surface area contributed by atoms with Gasteiger partial charge in [-0.1, -0.05) is 17.7 Å². The highest BCUT2D eigenvalue weighted by molar-refractivity contribution is 6.31. The number of anilines is 1. The van der Waals surface area contributed by atoms with E-state index in [4.69, 9.17) is 21.1 Å². The zero-order valence-electron chi connectivity index (χ0n) is 20.7. The van der Waals surface area contributed by atoms with Gasteiger partial charge in [-0.15, -0.1) is 0 Å². The molecular formula is C26H23ClF2N4O6. The van der Waals surface area contributed by atoms with Crippen LogP contribution < -0.4 is 15.6 Å². The number of carbonyl (C=O) groups excluding carboxylic acids is 1. The Bertz CT molecular complexity index is 1600. The fraction of sp³-hybridized carbons (Fsp3) is 0.192. The highest BCUT2D eigenvalue weighted by atomic mass is 35.5. The largest absolute Gasteiger partial charge is 0.494 e. The first kappa shape index (κ1) is 27.6. The average molecular weight is 561 g/mol. The van der Waals surface area contributed by atoms with Crippen LogP contribution >= 0.6 is 11.6 Å². The Labute approximate surface area is 225 Å². The molecule has 2 heterocycles. The number of methoxy groups -OCH3 is 1. The average Bonchev–Trinajstić information content (AvgIpc) is 3.16. The molecule has 0 fully saturated rings. The lowest BCUT2D eigenvalue weighted by Crippen LogP contribution is -2.22. The van der Waals surface area contributed by atoms with E-state index < -0.39 is 23.1 Å². The molecule has 0 aliphatic rings. The smallest absolute Gasteiger partial charge is 0.280 e. The van der Waals surface area contributed by atoms with Crippen molar-refractivity contribution in [3.8, 4) is 23.3 Å². The summed E-state index contributed by atoms with van der Waals surface area (Å²) < 4.78 is 39.6. The Hall–Kier alpha value is -4.42. The lowest BCUT2D eigenvalue weighted by atomic mass is 10.1. The fourth-order valence-corrected chi connectivity index (χ4v) is 3.89. The molecule has 1 amide bonds. The van der Waals surface area contributed by atoms with Gasteiger partial charge in [-0.25, -0.2) is 13.8 Å². The van der Waals surface area contributed by atoms with Crippen LogP contribution in [-0.2, 0) is 17.9 Å². The summed E-state index contributed by atoms with van der Waals surface area (Å²) in [5.41, 5.74) is 0.356. The van der Waals surface area contributed by atoms with Crippen molar-refractivity contribution in [3.63, 3.8) is 0 Å². The van der Waals surface area contributed by atoms with E-state index in [1.165, 1.54) is 35.9 Å². The molecule has 0 unspecified atom stereocenters. The van der Waals surface area contributed by atoms with Gasteiger partial charge in [0.2, 0.25) is 11.8 Å². The van der Waals surface area contributed by atoms with Crippen LogP contribution in [0.1, 0.15) is 21.5 Å². The number of aryl methyl sites for hydroxylation is 1. The van der Waals surface area contributed by atoms with Gasteiger partial charge in [-0.3, -0.25) is 18.7 Å². The van der Waals surface area contributed by atoms with Gasteiger partial charge in [-0.05, 0) is 36.8 Å². The van der Waals surface area contributed by atoms with Crippen LogP contribution in [0.5, 0.6) is 17.6 Å². The van der Waals surface area contributed by atoms with Crippen molar-refractivity contribution in [2.45, 2.75) is 20.1 Å². The van der Waals surface area contributed by atoms with Crippen LogP contribution in [0.25, 0.3) is 5.69 Å². The van der Waals surface area contributed by atoms with Gasteiger partial charge in [0.1, 0.15) is 30.3 Å². The monoisotopic (exact) mass is 560 g/mol. The second kappa shape index (κ2) is 11.5. The number of aromatic nitrogens is 3. The van der Waals surface area contributed by atoms with Crippen LogP contribution in [0.15, 0.2) is 53.6 Å². The van der Waals surface area contributed by atoms with Crippen molar-refractivity contribution >= 4 is 23.2 Å². The number of amides is 1. The molecule has 3 N–H and O–H groups in total. The number of carbonyl (C=O) groups is 1. The normalized spacial score (nSPS) is 11.0. The van der Waals surface area contributed by atoms with Crippen LogP contribution in [0.2, 0.25) is 5.02 Å². The second-order valence-corrected chi connectivity index (χ2v) is 8.78. The van der Waals surface area contributed by atoms with Crippen molar-refractivity contribution in [1.29, 1.82) is 0 Å².